The molecule has 0 bridgehead atoms. The molecule has 2 N–H and O–H groups in total. The van der Waals surface area contributed by atoms with E-state index in [-0.39, 0.29) is 11.6 Å². The van der Waals surface area contributed by atoms with Gasteiger partial charge in [-0.15, -0.1) is 11.3 Å². The van der Waals surface area contributed by atoms with Crippen molar-refractivity contribution in [2.75, 3.05) is 5.73 Å². The minimum absolute atomic E-state index is 0.282. The fourth-order valence-corrected chi connectivity index (χ4v) is 2.82. The van der Waals surface area contributed by atoms with Crippen molar-refractivity contribution in [3.8, 4) is 10.7 Å². The Morgan fingerprint density at radius 3 is 2.63 bits per heavy atom. The van der Waals surface area contributed by atoms with E-state index in [4.69, 9.17) is 5.73 Å². The second kappa shape index (κ2) is 4.24. The van der Waals surface area contributed by atoms with E-state index in [1.165, 1.54) is 23.5 Å². The Balaban J connectivity index is 2.26. The van der Waals surface area contributed by atoms with Crippen LogP contribution in [-0.2, 0) is 0 Å². The van der Waals surface area contributed by atoms with E-state index in [2.05, 4.69) is 15.0 Å². The zero-order valence-corrected chi connectivity index (χ0v) is 11.3. The van der Waals surface area contributed by atoms with E-state index >= 15 is 0 Å². The van der Waals surface area contributed by atoms with E-state index in [9.17, 15) is 4.39 Å². The van der Waals surface area contributed by atoms with E-state index in [1.807, 2.05) is 13.8 Å². The number of benzene rings is 1. The van der Waals surface area contributed by atoms with Gasteiger partial charge in [0.25, 0.3) is 0 Å². The number of rotatable bonds is 1. The number of aromatic nitrogens is 3. The molecule has 0 radical (unpaired) electrons. The van der Waals surface area contributed by atoms with Crippen LogP contribution in [0.1, 0.15) is 10.7 Å². The van der Waals surface area contributed by atoms with Crippen LogP contribution in [0.2, 0.25) is 0 Å². The molecule has 0 atom stereocenters. The number of thiazole rings is 1. The lowest BCUT2D eigenvalue weighted by Gasteiger charge is -2.04. The molecule has 0 spiro atoms. The molecule has 3 aromatic rings. The van der Waals surface area contributed by atoms with Crippen LogP contribution in [0.3, 0.4) is 0 Å². The molecule has 4 nitrogen and oxygen atoms in total. The van der Waals surface area contributed by atoms with Crippen molar-refractivity contribution in [3.05, 3.63) is 34.7 Å². The molecule has 0 fully saturated rings. The molecule has 0 unspecified atom stereocenters. The van der Waals surface area contributed by atoms with Gasteiger partial charge in [-0.3, -0.25) is 0 Å². The molecule has 6 heteroatoms. The summed E-state index contributed by atoms with van der Waals surface area (Å²) >= 11 is 1.52. The molecule has 2 heterocycles. The summed E-state index contributed by atoms with van der Waals surface area (Å²) in [5.74, 6) is 0.477. The van der Waals surface area contributed by atoms with Gasteiger partial charge in [0.2, 0.25) is 0 Å². The average Bonchev–Trinajstić information content (AvgIpc) is 2.69. The van der Waals surface area contributed by atoms with Crippen molar-refractivity contribution in [1.29, 1.82) is 0 Å². The smallest absolute Gasteiger partial charge is 0.174 e. The van der Waals surface area contributed by atoms with Gasteiger partial charge < -0.3 is 5.73 Å². The highest BCUT2D eigenvalue weighted by molar-refractivity contribution is 7.15. The first-order valence-electron chi connectivity index (χ1n) is 5.72. The van der Waals surface area contributed by atoms with Crippen LogP contribution in [0.25, 0.3) is 21.6 Å². The molecule has 3 rings (SSSR count). The first-order chi connectivity index (χ1) is 9.04. The quantitative estimate of drug-likeness (QED) is 0.740. The van der Waals surface area contributed by atoms with Gasteiger partial charge >= 0.3 is 0 Å². The highest BCUT2D eigenvalue weighted by Gasteiger charge is 2.13. The predicted molar refractivity (Wildman–Crippen MR) is 74.5 cm³/mol. The molecule has 0 saturated heterocycles. The lowest BCUT2D eigenvalue weighted by molar-refractivity contribution is 0.629. The number of hydrogen-bond donors (Lipinski definition) is 1. The first kappa shape index (κ1) is 12.0. The number of nitrogens with two attached hydrogens (primary N) is 1. The number of fused-ring (bicyclic) bond motifs is 1. The zero-order valence-electron chi connectivity index (χ0n) is 10.4. The van der Waals surface area contributed by atoms with Gasteiger partial charge in [0.15, 0.2) is 5.82 Å². The maximum Gasteiger partial charge on any atom is 0.174 e. The normalized spacial score (nSPS) is 11.1. The Morgan fingerprint density at radius 2 is 1.95 bits per heavy atom. The third-order valence-electron chi connectivity index (χ3n) is 2.79. The maximum atomic E-state index is 13.2. The number of nitrogen functional groups attached to an aromatic ring is 1. The third kappa shape index (κ3) is 2.04. The monoisotopic (exact) mass is 274 g/mol. The second-order valence-corrected chi connectivity index (χ2v) is 5.44. The molecule has 19 heavy (non-hydrogen) atoms. The van der Waals surface area contributed by atoms with E-state index < -0.39 is 0 Å². The number of nitrogens with zero attached hydrogens (tertiary/aromatic N) is 3. The van der Waals surface area contributed by atoms with Crippen molar-refractivity contribution in [2.45, 2.75) is 13.8 Å². The number of halogens is 1. The lowest BCUT2D eigenvalue weighted by Crippen LogP contribution is -1.98. The van der Waals surface area contributed by atoms with Gasteiger partial charge in [0, 0.05) is 5.39 Å². The summed E-state index contributed by atoms with van der Waals surface area (Å²) in [6.45, 7) is 3.84. The molecule has 0 aliphatic heterocycles. The van der Waals surface area contributed by atoms with Gasteiger partial charge in [-0.05, 0) is 32.0 Å². The number of aryl methyl sites for hydroxylation is 2. The third-order valence-corrected chi connectivity index (χ3v) is 3.86. The van der Waals surface area contributed by atoms with Crippen LogP contribution >= 0.6 is 11.3 Å². The summed E-state index contributed by atoms with van der Waals surface area (Å²) in [5.41, 5.74) is 7.40. The van der Waals surface area contributed by atoms with Gasteiger partial charge in [0.05, 0.1) is 21.1 Å². The Morgan fingerprint density at radius 1 is 1.16 bits per heavy atom. The Labute approximate surface area is 113 Å². The van der Waals surface area contributed by atoms with Gasteiger partial charge in [-0.25, -0.2) is 19.3 Å². The van der Waals surface area contributed by atoms with Crippen molar-refractivity contribution in [1.82, 2.24) is 15.0 Å². The molecule has 0 aliphatic rings. The minimum atomic E-state index is -0.347. The van der Waals surface area contributed by atoms with Crippen molar-refractivity contribution < 1.29 is 4.39 Å². The molecule has 2 aromatic heterocycles. The topological polar surface area (TPSA) is 64.7 Å². The summed E-state index contributed by atoms with van der Waals surface area (Å²) in [5, 5.41) is 1.48. The van der Waals surface area contributed by atoms with Gasteiger partial charge in [-0.2, -0.15) is 0 Å². The number of anilines is 1. The largest absolute Gasteiger partial charge is 0.383 e. The summed E-state index contributed by atoms with van der Waals surface area (Å²) in [6, 6.07) is 4.32. The Kier molecular flexibility index (Phi) is 2.67. The molecule has 0 amide bonds. The van der Waals surface area contributed by atoms with E-state index in [1.54, 1.807) is 6.07 Å². The molecule has 0 aliphatic carbocycles. The molecule has 0 saturated carbocycles. The molecule has 96 valence electrons. The van der Waals surface area contributed by atoms with E-state index in [0.29, 0.717) is 16.7 Å². The van der Waals surface area contributed by atoms with Crippen LogP contribution in [0.4, 0.5) is 10.2 Å². The SMILES string of the molecule is Cc1nc(C)c(-c2nc(N)c3cc(F)ccc3n2)s1. The fourth-order valence-electron chi connectivity index (χ4n) is 1.96. The second-order valence-electron chi connectivity index (χ2n) is 4.24. The first-order valence-corrected chi connectivity index (χ1v) is 6.53. The predicted octanol–water partition coefficient (Wildman–Crippen LogP) is 3.09. The Bertz CT molecular complexity index is 782. The van der Waals surface area contributed by atoms with Crippen molar-refractivity contribution in [3.63, 3.8) is 0 Å². The summed E-state index contributed by atoms with van der Waals surface area (Å²) in [4.78, 5) is 13.9. The Hall–Kier alpha value is -2.08. The minimum Gasteiger partial charge on any atom is -0.383 e. The highest BCUT2D eigenvalue weighted by Crippen LogP contribution is 2.29. The molecular formula is C13H11FN4S. The zero-order chi connectivity index (χ0) is 13.6. The maximum absolute atomic E-state index is 13.2. The summed E-state index contributed by atoms with van der Waals surface area (Å²) in [6.07, 6.45) is 0. The van der Waals surface area contributed by atoms with Crippen LogP contribution in [0.5, 0.6) is 0 Å². The van der Waals surface area contributed by atoms with Gasteiger partial charge in [0.1, 0.15) is 11.6 Å². The fraction of sp³-hybridized carbons (Fsp3) is 0.154. The van der Waals surface area contributed by atoms with Crippen molar-refractivity contribution in [2.24, 2.45) is 0 Å². The van der Waals surface area contributed by atoms with E-state index in [0.717, 1.165) is 15.6 Å². The highest BCUT2D eigenvalue weighted by atomic mass is 32.1. The summed E-state index contributed by atoms with van der Waals surface area (Å²) < 4.78 is 13.2. The molecule has 1 aromatic carbocycles. The van der Waals surface area contributed by atoms with Crippen LogP contribution in [-0.4, -0.2) is 15.0 Å². The standard InChI is InChI=1S/C13H11FN4S/c1-6-11(19-7(2)16-6)13-17-10-4-3-8(14)5-9(10)12(15)18-13/h3-5H,1-2H3,(H2,15,17,18). The average molecular weight is 274 g/mol. The van der Waals surface area contributed by atoms with Crippen molar-refractivity contribution >= 4 is 28.1 Å². The van der Waals surface area contributed by atoms with Gasteiger partial charge in [-0.1, -0.05) is 0 Å². The van der Waals surface area contributed by atoms with Crippen LogP contribution < -0.4 is 5.73 Å². The lowest BCUT2D eigenvalue weighted by atomic mass is 10.2. The molecular weight excluding hydrogens is 263 g/mol. The number of hydrogen-bond acceptors (Lipinski definition) is 5. The van der Waals surface area contributed by atoms with Crippen LogP contribution in [0.15, 0.2) is 18.2 Å². The summed E-state index contributed by atoms with van der Waals surface area (Å²) in [7, 11) is 0. The van der Waals surface area contributed by atoms with Crippen LogP contribution in [0, 0.1) is 19.7 Å².